The summed E-state index contributed by atoms with van der Waals surface area (Å²) in [6.45, 7) is 3.87. The Hall–Kier alpha value is -1.93. The van der Waals surface area contributed by atoms with Gasteiger partial charge in [-0.15, -0.1) is 11.3 Å². The average molecular weight is 282 g/mol. The smallest absolute Gasteiger partial charge is 0.126 e. The Balaban J connectivity index is 1.97. The lowest BCUT2D eigenvalue weighted by atomic mass is 10.1. The van der Waals surface area contributed by atoms with Crippen LogP contribution < -0.4 is 0 Å². The molecule has 2 heteroatoms. The van der Waals surface area contributed by atoms with Crippen LogP contribution in [0.3, 0.4) is 0 Å². The van der Waals surface area contributed by atoms with Gasteiger partial charge in [-0.1, -0.05) is 42.0 Å². The Kier molecular flexibility index (Phi) is 3.41. The molecule has 0 amide bonds. The number of benzene rings is 2. The van der Waals surface area contributed by atoms with Crippen LogP contribution in [0.5, 0.6) is 0 Å². The molecule has 20 heavy (non-hydrogen) atoms. The first kappa shape index (κ1) is 13.1. The fraction of sp³-hybridized carbons (Fsp3) is 0.111. The Labute approximate surface area is 122 Å². The lowest BCUT2D eigenvalue weighted by Crippen LogP contribution is -1.81. The van der Waals surface area contributed by atoms with Crippen molar-refractivity contribution in [2.24, 2.45) is 0 Å². The van der Waals surface area contributed by atoms with Crippen molar-refractivity contribution < 1.29 is 4.39 Å². The van der Waals surface area contributed by atoms with E-state index in [-0.39, 0.29) is 5.82 Å². The third-order valence-electron chi connectivity index (χ3n) is 3.40. The van der Waals surface area contributed by atoms with Crippen LogP contribution in [-0.2, 0) is 0 Å². The molecule has 0 fully saturated rings. The molecule has 0 saturated carbocycles. The van der Waals surface area contributed by atoms with Crippen LogP contribution in [0, 0.1) is 19.7 Å². The van der Waals surface area contributed by atoms with E-state index in [2.05, 4.69) is 43.3 Å². The monoisotopic (exact) mass is 282 g/mol. The second-order valence-corrected chi connectivity index (χ2v) is 6.08. The maximum atomic E-state index is 13.6. The molecule has 100 valence electrons. The van der Waals surface area contributed by atoms with Crippen LogP contribution in [0.4, 0.5) is 4.39 Å². The van der Waals surface area contributed by atoms with E-state index in [0.717, 1.165) is 10.4 Å². The van der Waals surface area contributed by atoms with Crippen LogP contribution in [0.25, 0.3) is 20.9 Å². The highest BCUT2D eigenvalue weighted by molar-refractivity contribution is 7.18. The highest BCUT2D eigenvalue weighted by Crippen LogP contribution is 2.34. The molecule has 0 aliphatic heterocycles. The number of hydrogen-bond donors (Lipinski definition) is 0. The SMILES string of the molecule is Cc1ccc(-c2ccc(-c3ccc(C)c(F)c3)s2)cc1. The van der Waals surface area contributed by atoms with Gasteiger partial charge in [0.05, 0.1) is 0 Å². The molecular formula is C18H15FS. The van der Waals surface area contributed by atoms with Crippen molar-refractivity contribution in [1.82, 2.24) is 0 Å². The molecule has 0 radical (unpaired) electrons. The van der Waals surface area contributed by atoms with E-state index in [1.165, 1.54) is 16.0 Å². The highest BCUT2D eigenvalue weighted by Gasteiger charge is 2.06. The third-order valence-corrected chi connectivity index (χ3v) is 4.58. The van der Waals surface area contributed by atoms with Crippen molar-refractivity contribution in [3.8, 4) is 20.9 Å². The largest absolute Gasteiger partial charge is 0.207 e. The minimum absolute atomic E-state index is 0.146. The second-order valence-electron chi connectivity index (χ2n) is 4.99. The Morgan fingerprint density at radius 2 is 1.35 bits per heavy atom. The molecule has 0 atom stereocenters. The van der Waals surface area contributed by atoms with Gasteiger partial charge in [0.15, 0.2) is 0 Å². The molecule has 0 nitrogen and oxygen atoms in total. The maximum Gasteiger partial charge on any atom is 0.126 e. The Bertz CT molecular complexity index is 738. The summed E-state index contributed by atoms with van der Waals surface area (Å²) in [7, 11) is 0. The first-order chi connectivity index (χ1) is 9.63. The van der Waals surface area contributed by atoms with Gasteiger partial charge in [0, 0.05) is 9.75 Å². The number of aryl methyl sites for hydroxylation is 2. The van der Waals surface area contributed by atoms with E-state index in [4.69, 9.17) is 0 Å². The number of rotatable bonds is 2. The third kappa shape index (κ3) is 2.52. The first-order valence-electron chi connectivity index (χ1n) is 6.57. The molecule has 1 aromatic heterocycles. The zero-order chi connectivity index (χ0) is 14.1. The molecule has 0 aliphatic carbocycles. The van der Waals surface area contributed by atoms with Crippen LogP contribution in [-0.4, -0.2) is 0 Å². The molecule has 3 aromatic rings. The summed E-state index contributed by atoms with van der Waals surface area (Å²) in [5.74, 6) is -0.146. The molecule has 0 unspecified atom stereocenters. The van der Waals surface area contributed by atoms with Crippen molar-refractivity contribution in [3.05, 3.63) is 71.5 Å². The molecule has 1 heterocycles. The van der Waals surface area contributed by atoms with Gasteiger partial charge in [0.2, 0.25) is 0 Å². The summed E-state index contributed by atoms with van der Waals surface area (Å²) in [5, 5.41) is 0. The summed E-state index contributed by atoms with van der Waals surface area (Å²) in [6.07, 6.45) is 0. The molecule has 0 saturated heterocycles. The molecule has 0 N–H and O–H groups in total. The van der Waals surface area contributed by atoms with Crippen molar-refractivity contribution in [3.63, 3.8) is 0 Å². The van der Waals surface area contributed by atoms with Crippen molar-refractivity contribution in [2.75, 3.05) is 0 Å². The molecule has 2 aromatic carbocycles. The van der Waals surface area contributed by atoms with Crippen LogP contribution >= 0.6 is 11.3 Å². The summed E-state index contributed by atoms with van der Waals surface area (Å²) in [4.78, 5) is 2.31. The quantitative estimate of drug-likeness (QED) is 0.554. The topological polar surface area (TPSA) is 0 Å². The van der Waals surface area contributed by atoms with Crippen LogP contribution in [0.15, 0.2) is 54.6 Å². The molecule has 3 rings (SSSR count). The Morgan fingerprint density at radius 1 is 0.750 bits per heavy atom. The van der Waals surface area contributed by atoms with E-state index in [0.29, 0.717) is 5.56 Å². The minimum atomic E-state index is -0.146. The second kappa shape index (κ2) is 5.22. The fourth-order valence-electron chi connectivity index (χ4n) is 2.11. The van der Waals surface area contributed by atoms with Crippen molar-refractivity contribution >= 4 is 11.3 Å². The lowest BCUT2D eigenvalue weighted by Gasteiger charge is -2.01. The van der Waals surface area contributed by atoms with Gasteiger partial charge in [-0.25, -0.2) is 4.39 Å². The number of hydrogen-bond acceptors (Lipinski definition) is 1. The summed E-state index contributed by atoms with van der Waals surface area (Å²) in [6, 6.07) is 18.0. The van der Waals surface area contributed by atoms with E-state index < -0.39 is 0 Å². The number of halogens is 1. The van der Waals surface area contributed by atoms with Gasteiger partial charge in [-0.3, -0.25) is 0 Å². The Morgan fingerprint density at radius 3 is 2.00 bits per heavy atom. The van der Waals surface area contributed by atoms with Crippen LogP contribution in [0.1, 0.15) is 11.1 Å². The zero-order valence-electron chi connectivity index (χ0n) is 11.5. The van der Waals surface area contributed by atoms with Gasteiger partial charge in [-0.2, -0.15) is 0 Å². The standard InChI is InChI=1S/C18H15FS/c1-12-3-6-14(7-4-12)17-9-10-18(20-17)15-8-5-13(2)16(19)11-15/h3-11H,1-2H3. The first-order valence-corrected chi connectivity index (χ1v) is 7.38. The predicted molar refractivity (Wildman–Crippen MR) is 84.6 cm³/mol. The molecular weight excluding hydrogens is 267 g/mol. The highest BCUT2D eigenvalue weighted by atomic mass is 32.1. The van der Waals surface area contributed by atoms with Crippen LogP contribution in [0.2, 0.25) is 0 Å². The van der Waals surface area contributed by atoms with Gasteiger partial charge < -0.3 is 0 Å². The lowest BCUT2D eigenvalue weighted by molar-refractivity contribution is 0.619. The summed E-state index contributed by atoms with van der Waals surface area (Å²) < 4.78 is 13.6. The van der Waals surface area contributed by atoms with E-state index >= 15 is 0 Å². The summed E-state index contributed by atoms with van der Waals surface area (Å²) in [5.41, 5.74) is 4.09. The van der Waals surface area contributed by atoms with Gasteiger partial charge in [0.1, 0.15) is 5.82 Å². The minimum Gasteiger partial charge on any atom is -0.207 e. The van der Waals surface area contributed by atoms with Crippen molar-refractivity contribution in [1.29, 1.82) is 0 Å². The summed E-state index contributed by atoms with van der Waals surface area (Å²) >= 11 is 1.69. The number of thiophene rings is 1. The van der Waals surface area contributed by atoms with Crippen molar-refractivity contribution in [2.45, 2.75) is 13.8 Å². The fourth-order valence-corrected chi connectivity index (χ4v) is 3.12. The molecule has 0 spiro atoms. The van der Waals surface area contributed by atoms with E-state index in [1.807, 2.05) is 12.1 Å². The van der Waals surface area contributed by atoms with Gasteiger partial charge in [-0.05, 0) is 48.7 Å². The average Bonchev–Trinajstić information content (AvgIpc) is 2.92. The van der Waals surface area contributed by atoms with E-state index in [9.17, 15) is 4.39 Å². The molecule has 0 aliphatic rings. The zero-order valence-corrected chi connectivity index (χ0v) is 12.3. The van der Waals surface area contributed by atoms with Gasteiger partial charge in [0.25, 0.3) is 0 Å². The van der Waals surface area contributed by atoms with E-state index in [1.54, 1.807) is 24.3 Å². The maximum absolute atomic E-state index is 13.6. The molecule has 0 bridgehead atoms. The normalized spacial score (nSPS) is 10.8. The van der Waals surface area contributed by atoms with Gasteiger partial charge >= 0.3 is 0 Å². The predicted octanol–water partition coefficient (Wildman–Crippen LogP) is 5.84.